The summed E-state index contributed by atoms with van der Waals surface area (Å²) in [7, 11) is -8.68. The summed E-state index contributed by atoms with van der Waals surface area (Å²) >= 11 is 0. The van der Waals surface area contributed by atoms with E-state index in [4.69, 9.17) is 9.79 Å². The maximum Gasteiger partial charge on any atom is 0.356 e. The molecule has 0 fully saturated rings. The van der Waals surface area contributed by atoms with Gasteiger partial charge < -0.3 is 24.7 Å². The van der Waals surface area contributed by atoms with Gasteiger partial charge in [0.25, 0.3) is 0 Å². The van der Waals surface area contributed by atoms with Gasteiger partial charge in [-0.2, -0.15) is 0 Å². The van der Waals surface area contributed by atoms with Gasteiger partial charge >= 0.3 is 15.2 Å². The van der Waals surface area contributed by atoms with E-state index in [1.165, 1.54) is 24.3 Å². The second kappa shape index (κ2) is 7.22. The van der Waals surface area contributed by atoms with Gasteiger partial charge in [-0.3, -0.25) is 13.9 Å². The molecule has 0 heterocycles. The van der Waals surface area contributed by atoms with Crippen molar-refractivity contribution < 1.29 is 38.6 Å². The number of hydrogen-bond donors (Lipinski definition) is 5. The lowest BCUT2D eigenvalue weighted by Crippen LogP contribution is -2.09. The smallest absolute Gasteiger partial charge is 0.356 e. The van der Waals surface area contributed by atoms with Crippen molar-refractivity contribution in [1.29, 1.82) is 0 Å². The first-order valence-electron chi connectivity index (χ1n) is 7.05. The highest BCUT2D eigenvalue weighted by molar-refractivity contribution is 7.60. The third-order valence-corrected chi connectivity index (χ3v) is 5.23. The standard InChI is InChI=1S/C15H16O8P2/c16-14-6-5-12(25(21,22)23)9-13(14)15(17)11-3-1-10(2-4-11)7-8-24(18,19)20/h1-6,9,16H,7-8H2,(H2,18,19,20)(H2,21,22,23). The first-order chi connectivity index (χ1) is 11.5. The molecule has 2 rings (SSSR count). The van der Waals surface area contributed by atoms with Gasteiger partial charge in [-0.1, -0.05) is 24.3 Å². The average Bonchev–Trinajstić information content (AvgIpc) is 2.51. The largest absolute Gasteiger partial charge is 0.507 e. The number of aromatic hydroxyl groups is 1. The molecule has 0 aliphatic rings. The molecule has 0 saturated carbocycles. The summed E-state index contributed by atoms with van der Waals surface area (Å²) in [6.07, 6.45) is -0.177. The van der Waals surface area contributed by atoms with Crippen LogP contribution in [0, 0.1) is 0 Å². The molecule has 0 unspecified atom stereocenters. The Bertz CT molecular complexity index is 879. The Morgan fingerprint density at radius 1 is 0.920 bits per heavy atom. The van der Waals surface area contributed by atoms with Crippen molar-refractivity contribution in [2.24, 2.45) is 0 Å². The summed E-state index contributed by atoms with van der Waals surface area (Å²) in [5.74, 6) is -1.04. The summed E-state index contributed by atoms with van der Waals surface area (Å²) in [4.78, 5) is 48.5. The predicted molar refractivity (Wildman–Crippen MR) is 90.3 cm³/mol. The van der Waals surface area contributed by atoms with Crippen molar-refractivity contribution in [3.63, 3.8) is 0 Å². The molecule has 0 radical (unpaired) electrons. The molecule has 0 aliphatic heterocycles. The maximum absolute atomic E-state index is 12.4. The van der Waals surface area contributed by atoms with E-state index in [2.05, 4.69) is 0 Å². The molecule has 0 aromatic heterocycles. The van der Waals surface area contributed by atoms with Crippen LogP contribution in [0.25, 0.3) is 0 Å². The van der Waals surface area contributed by atoms with Crippen LogP contribution in [0.1, 0.15) is 21.5 Å². The monoisotopic (exact) mass is 386 g/mol. The van der Waals surface area contributed by atoms with Crippen molar-refractivity contribution >= 4 is 26.3 Å². The molecule has 0 bridgehead atoms. The molecule has 0 aliphatic carbocycles. The van der Waals surface area contributed by atoms with Crippen LogP contribution in [0.15, 0.2) is 42.5 Å². The molecule has 2 aromatic carbocycles. The zero-order valence-corrected chi connectivity index (χ0v) is 14.6. The molecule has 134 valence electrons. The van der Waals surface area contributed by atoms with Gasteiger partial charge in [-0.25, -0.2) is 0 Å². The highest BCUT2D eigenvalue weighted by Crippen LogP contribution is 2.36. The number of aryl methyl sites for hydroxylation is 1. The number of phenolic OH excluding ortho intramolecular Hbond substituents is 1. The van der Waals surface area contributed by atoms with Crippen LogP contribution in [-0.2, 0) is 15.6 Å². The molecule has 2 aromatic rings. The van der Waals surface area contributed by atoms with Gasteiger partial charge in [0.05, 0.1) is 17.0 Å². The highest BCUT2D eigenvalue weighted by atomic mass is 31.2. The summed E-state index contributed by atoms with van der Waals surface area (Å²) in [5.41, 5.74) is 0.537. The number of benzene rings is 2. The summed E-state index contributed by atoms with van der Waals surface area (Å²) in [6, 6.07) is 8.90. The second-order valence-electron chi connectivity index (χ2n) is 5.41. The fraction of sp³-hybridized carbons (Fsp3) is 0.133. The van der Waals surface area contributed by atoms with Crippen LogP contribution >= 0.6 is 15.2 Å². The Kier molecular flexibility index (Phi) is 5.64. The quantitative estimate of drug-likeness (QED) is 0.366. The first kappa shape index (κ1) is 19.5. The van der Waals surface area contributed by atoms with Gasteiger partial charge in [-0.05, 0) is 30.2 Å². The lowest BCUT2D eigenvalue weighted by molar-refractivity contribution is 0.103. The van der Waals surface area contributed by atoms with E-state index in [0.717, 1.165) is 18.2 Å². The molecule has 25 heavy (non-hydrogen) atoms. The van der Waals surface area contributed by atoms with Crippen molar-refractivity contribution in [3.05, 3.63) is 59.2 Å². The van der Waals surface area contributed by atoms with Gasteiger partial charge in [0, 0.05) is 5.56 Å². The SMILES string of the molecule is O=C(c1ccc(CCP(=O)(O)O)cc1)c1cc(P(=O)(O)O)ccc1O. The van der Waals surface area contributed by atoms with E-state index in [1.807, 2.05) is 0 Å². The predicted octanol–water partition coefficient (Wildman–Crippen LogP) is 1.15. The summed E-state index contributed by atoms with van der Waals surface area (Å²) in [5, 5.41) is 9.42. The highest BCUT2D eigenvalue weighted by Gasteiger charge is 2.22. The minimum absolute atomic E-state index is 0.137. The molecular formula is C15H16O8P2. The number of hydrogen-bond acceptors (Lipinski definition) is 4. The molecule has 0 amide bonds. The van der Waals surface area contributed by atoms with Gasteiger partial charge in [0.15, 0.2) is 5.78 Å². The van der Waals surface area contributed by atoms with Crippen molar-refractivity contribution in [3.8, 4) is 5.75 Å². The first-order valence-corrected chi connectivity index (χ1v) is 10.5. The minimum atomic E-state index is -4.57. The average molecular weight is 386 g/mol. The van der Waals surface area contributed by atoms with Gasteiger partial charge in [-0.15, -0.1) is 0 Å². The zero-order valence-electron chi connectivity index (χ0n) is 12.8. The molecule has 0 saturated heterocycles. The van der Waals surface area contributed by atoms with E-state index in [-0.39, 0.29) is 29.0 Å². The topological polar surface area (TPSA) is 152 Å². The van der Waals surface area contributed by atoms with Gasteiger partial charge in [0.2, 0.25) is 0 Å². The van der Waals surface area contributed by atoms with E-state index in [1.54, 1.807) is 0 Å². The number of carbonyl (C=O) groups is 1. The third-order valence-electron chi connectivity index (χ3n) is 3.47. The lowest BCUT2D eigenvalue weighted by Gasteiger charge is -2.09. The number of phenols is 1. The fourth-order valence-electron chi connectivity index (χ4n) is 2.14. The molecule has 0 spiro atoms. The van der Waals surface area contributed by atoms with Crippen molar-refractivity contribution in [2.45, 2.75) is 6.42 Å². The summed E-state index contributed by atoms with van der Waals surface area (Å²) in [6.45, 7) is 0. The molecule has 0 atom stereocenters. The Hall–Kier alpha value is -1.79. The Labute approximate surface area is 143 Å². The summed E-state index contributed by atoms with van der Waals surface area (Å²) < 4.78 is 22.2. The van der Waals surface area contributed by atoms with E-state index in [0.29, 0.717) is 5.56 Å². The molecule has 8 nitrogen and oxygen atoms in total. The number of ketones is 1. The zero-order chi connectivity index (χ0) is 18.8. The minimum Gasteiger partial charge on any atom is -0.507 e. The van der Waals surface area contributed by atoms with Crippen LogP contribution < -0.4 is 5.30 Å². The number of rotatable bonds is 6. The lowest BCUT2D eigenvalue weighted by atomic mass is 10.0. The van der Waals surface area contributed by atoms with Crippen LogP contribution in [0.4, 0.5) is 0 Å². The van der Waals surface area contributed by atoms with Crippen molar-refractivity contribution in [1.82, 2.24) is 0 Å². The molecule has 10 heteroatoms. The Morgan fingerprint density at radius 3 is 2.04 bits per heavy atom. The second-order valence-corrected chi connectivity index (χ2v) is 8.79. The number of carbonyl (C=O) groups excluding carboxylic acids is 1. The fourth-order valence-corrected chi connectivity index (χ4v) is 3.26. The van der Waals surface area contributed by atoms with Crippen LogP contribution in [0.5, 0.6) is 5.75 Å². The Balaban J connectivity index is 2.26. The van der Waals surface area contributed by atoms with E-state index in [9.17, 15) is 28.8 Å². The van der Waals surface area contributed by atoms with Crippen LogP contribution in [-0.4, -0.2) is 36.6 Å². The van der Waals surface area contributed by atoms with E-state index >= 15 is 0 Å². The maximum atomic E-state index is 12.4. The molecule has 5 N–H and O–H groups in total. The van der Waals surface area contributed by atoms with Crippen molar-refractivity contribution in [2.75, 3.05) is 6.16 Å². The van der Waals surface area contributed by atoms with Gasteiger partial charge in [0.1, 0.15) is 5.75 Å². The normalized spacial score (nSPS) is 12.2. The van der Waals surface area contributed by atoms with E-state index < -0.39 is 26.7 Å². The van der Waals surface area contributed by atoms with Crippen LogP contribution in [0.2, 0.25) is 0 Å². The van der Waals surface area contributed by atoms with Crippen LogP contribution in [0.3, 0.4) is 0 Å². The molecular weight excluding hydrogens is 370 g/mol. The Morgan fingerprint density at radius 2 is 1.52 bits per heavy atom. The third kappa shape index (κ3) is 5.34.